The fourth-order valence-electron chi connectivity index (χ4n) is 3.36. The second-order valence-electron chi connectivity index (χ2n) is 5.91. The summed E-state index contributed by atoms with van der Waals surface area (Å²) in [6.07, 6.45) is 9.14. The number of hydrogen-bond donors (Lipinski definition) is 0. The first-order valence-electron chi connectivity index (χ1n) is 7.94. The van der Waals surface area contributed by atoms with Crippen LogP contribution in [-0.2, 0) is 0 Å². The summed E-state index contributed by atoms with van der Waals surface area (Å²) in [7, 11) is 0. The molecule has 116 valence electrons. The maximum Gasteiger partial charge on any atom is 0.253 e. The summed E-state index contributed by atoms with van der Waals surface area (Å²) in [4.78, 5) is 22.8. The van der Waals surface area contributed by atoms with Crippen LogP contribution >= 0.6 is 0 Å². The van der Waals surface area contributed by atoms with Crippen molar-refractivity contribution in [3.63, 3.8) is 0 Å². The molecule has 0 radical (unpaired) electrons. The number of rotatable bonds is 2. The van der Waals surface area contributed by atoms with E-state index in [4.69, 9.17) is 0 Å². The molecule has 1 saturated heterocycles. The summed E-state index contributed by atoms with van der Waals surface area (Å²) in [6, 6.07) is 9.80. The molecule has 0 bridgehead atoms. The van der Waals surface area contributed by atoms with Crippen molar-refractivity contribution in [1.29, 1.82) is 0 Å². The molecule has 1 aliphatic rings. The van der Waals surface area contributed by atoms with Crippen LogP contribution in [0.15, 0.2) is 55.1 Å². The average Bonchev–Trinajstić information content (AvgIpc) is 3.11. The molecule has 5 nitrogen and oxygen atoms in total. The molecule has 1 amide bonds. The average molecular weight is 306 g/mol. The molecule has 3 aromatic heterocycles. The summed E-state index contributed by atoms with van der Waals surface area (Å²) < 4.78 is 2.16. The summed E-state index contributed by atoms with van der Waals surface area (Å²) in [5, 5.41) is 0. The normalized spacial score (nSPS) is 15.9. The van der Waals surface area contributed by atoms with Crippen LogP contribution in [0.1, 0.15) is 34.8 Å². The number of hydrogen-bond acceptors (Lipinski definition) is 3. The van der Waals surface area contributed by atoms with E-state index in [-0.39, 0.29) is 5.91 Å². The first-order chi connectivity index (χ1) is 11.3. The van der Waals surface area contributed by atoms with Gasteiger partial charge >= 0.3 is 0 Å². The van der Waals surface area contributed by atoms with E-state index in [1.54, 1.807) is 24.5 Å². The number of amides is 1. The van der Waals surface area contributed by atoms with E-state index in [0.717, 1.165) is 37.1 Å². The minimum atomic E-state index is 0.103. The molecule has 0 spiro atoms. The molecule has 4 rings (SSSR count). The van der Waals surface area contributed by atoms with Crippen molar-refractivity contribution in [1.82, 2.24) is 19.3 Å². The monoisotopic (exact) mass is 306 g/mol. The Labute approximate surface area is 134 Å². The fourth-order valence-corrected chi connectivity index (χ4v) is 3.36. The maximum absolute atomic E-state index is 12.5. The molecule has 0 aromatic carbocycles. The fraction of sp³-hybridized carbons (Fsp3) is 0.278. The summed E-state index contributed by atoms with van der Waals surface area (Å²) in [6.45, 7) is 1.58. The molecule has 0 N–H and O–H groups in total. The third-order valence-corrected chi connectivity index (χ3v) is 4.59. The molecule has 4 heterocycles. The highest BCUT2D eigenvalue weighted by Gasteiger charge is 2.25. The summed E-state index contributed by atoms with van der Waals surface area (Å²) >= 11 is 0. The van der Waals surface area contributed by atoms with Gasteiger partial charge in [0.25, 0.3) is 5.91 Å². The Hall–Kier alpha value is -2.69. The molecule has 1 fully saturated rings. The van der Waals surface area contributed by atoms with E-state index in [1.807, 2.05) is 23.4 Å². The van der Waals surface area contributed by atoms with Crippen LogP contribution in [0.2, 0.25) is 0 Å². The molecule has 0 saturated carbocycles. The zero-order chi connectivity index (χ0) is 15.6. The number of likely N-dealkylation sites (tertiary alicyclic amines) is 1. The number of imidazole rings is 1. The van der Waals surface area contributed by atoms with E-state index in [0.29, 0.717) is 5.92 Å². The zero-order valence-electron chi connectivity index (χ0n) is 12.8. The molecule has 0 unspecified atom stereocenters. The minimum Gasteiger partial charge on any atom is -0.339 e. The van der Waals surface area contributed by atoms with Crippen molar-refractivity contribution in [3.05, 3.63) is 66.4 Å². The largest absolute Gasteiger partial charge is 0.339 e. The molecule has 0 aliphatic carbocycles. The van der Waals surface area contributed by atoms with Crippen LogP contribution < -0.4 is 0 Å². The van der Waals surface area contributed by atoms with Gasteiger partial charge in [-0.25, -0.2) is 4.98 Å². The van der Waals surface area contributed by atoms with Crippen molar-refractivity contribution in [3.8, 4) is 0 Å². The van der Waals surface area contributed by atoms with Gasteiger partial charge in [0.05, 0.1) is 0 Å². The van der Waals surface area contributed by atoms with Crippen molar-refractivity contribution in [2.24, 2.45) is 0 Å². The van der Waals surface area contributed by atoms with Crippen LogP contribution in [-0.4, -0.2) is 38.3 Å². The second-order valence-corrected chi connectivity index (χ2v) is 5.91. The Morgan fingerprint density at radius 2 is 1.83 bits per heavy atom. The van der Waals surface area contributed by atoms with Gasteiger partial charge in [0.1, 0.15) is 5.65 Å². The van der Waals surface area contributed by atoms with Gasteiger partial charge in [0, 0.05) is 55.1 Å². The highest BCUT2D eigenvalue weighted by atomic mass is 16.2. The second kappa shape index (κ2) is 5.83. The third-order valence-electron chi connectivity index (χ3n) is 4.59. The van der Waals surface area contributed by atoms with Gasteiger partial charge < -0.3 is 9.30 Å². The number of fused-ring (bicyclic) bond motifs is 1. The first kappa shape index (κ1) is 13.9. The predicted molar refractivity (Wildman–Crippen MR) is 87.3 cm³/mol. The third kappa shape index (κ3) is 2.59. The van der Waals surface area contributed by atoms with E-state index >= 15 is 0 Å². The highest BCUT2D eigenvalue weighted by Crippen LogP contribution is 2.29. The lowest BCUT2D eigenvalue weighted by molar-refractivity contribution is 0.0711. The number of aromatic nitrogens is 3. The van der Waals surface area contributed by atoms with E-state index in [9.17, 15) is 4.79 Å². The van der Waals surface area contributed by atoms with Crippen LogP contribution in [0.25, 0.3) is 5.65 Å². The lowest BCUT2D eigenvalue weighted by Gasteiger charge is -2.32. The maximum atomic E-state index is 12.5. The van der Waals surface area contributed by atoms with Gasteiger partial charge in [-0.05, 0) is 37.1 Å². The van der Waals surface area contributed by atoms with Crippen molar-refractivity contribution in [2.45, 2.75) is 18.8 Å². The van der Waals surface area contributed by atoms with E-state index in [1.165, 1.54) is 5.69 Å². The molecular weight excluding hydrogens is 288 g/mol. The molecule has 5 heteroatoms. The lowest BCUT2D eigenvalue weighted by atomic mass is 9.92. The lowest BCUT2D eigenvalue weighted by Crippen LogP contribution is -2.38. The molecule has 3 aromatic rings. The number of carbonyl (C=O) groups is 1. The van der Waals surface area contributed by atoms with Gasteiger partial charge in [0.2, 0.25) is 0 Å². The number of piperidine rings is 1. The molecular formula is C18H18N4O. The zero-order valence-corrected chi connectivity index (χ0v) is 12.8. The molecule has 23 heavy (non-hydrogen) atoms. The van der Waals surface area contributed by atoms with Crippen LogP contribution in [0.3, 0.4) is 0 Å². The minimum absolute atomic E-state index is 0.103. The number of pyridine rings is 2. The van der Waals surface area contributed by atoms with Crippen molar-refractivity contribution < 1.29 is 4.79 Å². The van der Waals surface area contributed by atoms with E-state index in [2.05, 4.69) is 26.5 Å². The molecule has 0 atom stereocenters. The van der Waals surface area contributed by atoms with Crippen molar-refractivity contribution >= 4 is 11.6 Å². The standard InChI is InChI=1S/C18H18N4O/c23-18(15-4-8-19-9-5-15)21-11-6-14(7-12-21)16-2-1-3-17-20-10-13-22(16)17/h1-5,8-10,13-14H,6-7,11-12H2. The quantitative estimate of drug-likeness (QED) is 0.731. The Kier molecular flexibility index (Phi) is 3.54. The van der Waals surface area contributed by atoms with Gasteiger partial charge in [-0.2, -0.15) is 0 Å². The number of carbonyl (C=O) groups excluding carboxylic acids is 1. The Morgan fingerprint density at radius 1 is 1.04 bits per heavy atom. The summed E-state index contributed by atoms with van der Waals surface area (Å²) in [5.74, 6) is 0.570. The first-order valence-corrected chi connectivity index (χ1v) is 7.94. The molecule has 1 aliphatic heterocycles. The van der Waals surface area contributed by atoms with Gasteiger partial charge in [-0.15, -0.1) is 0 Å². The topological polar surface area (TPSA) is 50.5 Å². The van der Waals surface area contributed by atoms with Gasteiger partial charge in [-0.1, -0.05) is 6.07 Å². The summed E-state index contributed by atoms with van der Waals surface area (Å²) in [5.41, 5.74) is 2.99. The Bertz CT molecular complexity index is 819. The van der Waals surface area contributed by atoms with Crippen LogP contribution in [0.4, 0.5) is 0 Å². The Morgan fingerprint density at radius 3 is 2.61 bits per heavy atom. The van der Waals surface area contributed by atoms with Gasteiger partial charge in [-0.3, -0.25) is 9.78 Å². The Balaban J connectivity index is 1.49. The van der Waals surface area contributed by atoms with Crippen LogP contribution in [0, 0.1) is 0 Å². The SMILES string of the molecule is O=C(c1ccncc1)N1CCC(c2cccc3nccn23)CC1. The highest BCUT2D eigenvalue weighted by molar-refractivity contribution is 5.94. The number of nitrogens with zero attached hydrogens (tertiary/aromatic N) is 4. The smallest absolute Gasteiger partial charge is 0.253 e. The van der Waals surface area contributed by atoms with Crippen LogP contribution in [0.5, 0.6) is 0 Å². The van der Waals surface area contributed by atoms with Crippen molar-refractivity contribution in [2.75, 3.05) is 13.1 Å². The van der Waals surface area contributed by atoms with E-state index < -0.39 is 0 Å². The van der Waals surface area contributed by atoms with Gasteiger partial charge in [0.15, 0.2) is 0 Å². The predicted octanol–water partition coefficient (Wildman–Crippen LogP) is 2.75.